The predicted molar refractivity (Wildman–Crippen MR) is 106 cm³/mol. The number of benzene rings is 2. The zero-order valence-electron chi connectivity index (χ0n) is 14.8. The lowest BCUT2D eigenvalue weighted by Gasteiger charge is -2.20. The van der Waals surface area contributed by atoms with Crippen molar-refractivity contribution in [2.75, 3.05) is 0 Å². The molecule has 2 aromatic carbocycles. The first-order chi connectivity index (χ1) is 11.8. The Hall–Kier alpha value is -2.08. The first-order valence-corrected chi connectivity index (χ1v) is 9.41. The van der Waals surface area contributed by atoms with Crippen LogP contribution >= 0.6 is 0 Å². The highest BCUT2D eigenvalue weighted by Gasteiger charge is 2.20. The minimum absolute atomic E-state index is 0.639. The van der Waals surface area contributed by atoms with E-state index in [0.717, 1.165) is 12.8 Å². The molecule has 0 radical (unpaired) electrons. The van der Waals surface area contributed by atoms with Gasteiger partial charge in [-0.3, -0.25) is 0 Å². The van der Waals surface area contributed by atoms with Crippen molar-refractivity contribution in [3.8, 4) is 0 Å². The maximum absolute atomic E-state index is 2.40. The topological polar surface area (TPSA) is 0 Å². The number of rotatable bonds is 4. The average Bonchev–Trinajstić information content (AvgIpc) is 2.92. The van der Waals surface area contributed by atoms with E-state index in [2.05, 4.69) is 68.5 Å². The summed E-state index contributed by atoms with van der Waals surface area (Å²) in [6, 6.07) is 9.32. The Morgan fingerprint density at radius 3 is 2.79 bits per heavy atom. The molecule has 1 atom stereocenters. The summed E-state index contributed by atoms with van der Waals surface area (Å²) in [5.74, 6) is 0.639. The molecule has 0 saturated carbocycles. The maximum Gasteiger partial charge on any atom is -0.00332 e. The van der Waals surface area contributed by atoms with Gasteiger partial charge >= 0.3 is 0 Å². The van der Waals surface area contributed by atoms with Crippen LogP contribution in [0.1, 0.15) is 67.7 Å². The van der Waals surface area contributed by atoms with Crippen LogP contribution in [-0.2, 0) is 6.42 Å². The molecule has 0 fully saturated rings. The minimum atomic E-state index is 0.639. The third-order valence-corrected chi connectivity index (χ3v) is 5.56. The molecule has 0 heterocycles. The average molecular weight is 314 g/mol. The van der Waals surface area contributed by atoms with Crippen molar-refractivity contribution in [3.63, 3.8) is 0 Å². The van der Waals surface area contributed by atoms with Gasteiger partial charge in [-0.2, -0.15) is 0 Å². The summed E-state index contributed by atoms with van der Waals surface area (Å²) >= 11 is 0. The van der Waals surface area contributed by atoms with Crippen molar-refractivity contribution in [1.29, 1.82) is 0 Å². The molecule has 0 bridgehead atoms. The van der Waals surface area contributed by atoms with Gasteiger partial charge in [-0.25, -0.2) is 0 Å². The van der Waals surface area contributed by atoms with Gasteiger partial charge in [0, 0.05) is 0 Å². The van der Waals surface area contributed by atoms with Gasteiger partial charge in [0.2, 0.25) is 0 Å². The van der Waals surface area contributed by atoms with Crippen LogP contribution in [0.2, 0.25) is 0 Å². The van der Waals surface area contributed by atoms with Crippen LogP contribution in [0.3, 0.4) is 0 Å². The van der Waals surface area contributed by atoms with E-state index in [1.54, 1.807) is 11.1 Å². The van der Waals surface area contributed by atoms with Crippen LogP contribution in [0, 0.1) is 0 Å². The fourth-order valence-corrected chi connectivity index (χ4v) is 4.27. The van der Waals surface area contributed by atoms with Crippen molar-refractivity contribution in [3.05, 3.63) is 70.8 Å². The van der Waals surface area contributed by atoms with Crippen LogP contribution < -0.4 is 0 Å². The van der Waals surface area contributed by atoms with Gasteiger partial charge in [0.25, 0.3) is 0 Å². The lowest BCUT2D eigenvalue weighted by Crippen LogP contribution is -2.01. The zero-order valence-corrected chi connectivity index (χ0v) is 14.8. The molecule has 122 valence electrons. The number of hydrogen-bond acceptors (Lipinski definition) is 0. The summed E-state index contributed by atoms with van der Waals surface area (Å²) in [7, 11) is 0. The van der Waals surface area contributed by atoms with E-state index in [1.165, 1.54) is 46.7 Å². The molecule has 0 nitrogen and oxygen atoms in total. The Morgan fingerprint density at radius 1 is 1.04 bits per heavy atom. The van der Waals surface area contributed by atoms with Crippen molar-refractivity contribution in [2.24, 2.45) is 0 Å². The standard InChI is InChI=1S/C24H26/c1-3-4-8-17(2)21-16-15-20-14-13-19-10-6-5-9-18-11-7-12-22(21)24(20)23(18)19/h6-7,9-11,13-17H,3-5,8,12H2,1-2H3. The SMILES string of the molecule is CCCCC(C)c1ccc2ccc3c4c2c1CC=CC4=CCC=C3. The summed E-state index contributed by atoms with van der Waals surface area (Å²) in [5.41, 5.74) is 7.34. The van der Waals surface area contributed by atoms with Gasteiger partial charge in [-0.05, 0) is 63.8 Å². The summed E-state index contributed by atoms with van der Waals surface area (Å²) in [6.07, 6.45) is 17.6. The van der Waals surface area contributed by atoms with E-state index in [9.17, 15) is 0 Å². The van der Waals surface area contributed by atoms with Crippen LogP contribution in [0.25, 0.3) is 22.4 Å². The summed E-state index contributed by atoms with van der Waals surface area (Å²) in [6.45, 7) is 4.69. The summed E-state index contributed by atoms with van der Waals surface area (Å²) in [5, 5.41) is 2.89. The quantitative estimate of drug-likeness (QED) is 0.567. The van der Waals surface area contributed by atoms with Crippen LogP contribution in [0.5, 0.6) is 0 Å². The smallest absolute Gasteiger partial charge is 0.00332 e. The molecule has 2 aliphatic rings. The van der Waals surface area contributed by atoms with E-state index < -0.39 is 0 Å². The van der Waals surface area contributed by atoms with E-state index in [1.807, 2.05) is 0 Å². The fraction of sp³-hybridized carbons (Fsp3) is 0.333. The molecule has 0 heteroatoms. The Morgan fingerprint density at radius 2 is 1.92 bits per heavy atom. The summed E-state index contributed by atoms with van der Waals surface area (Å²) < 4.78 is 0. The molecule has 0 saturated heterocycles. The van der Waals surface area contributed by atoms with E-state index in [-0.39, 0.29) is 0 Å². The van der Waals surface area contributed by atoms with Crippen LogP contribution in [0.15, 0.2) is 48.6 Å². The molecule has 0 amide bonds. The number of allylic oxidation sites excluding steroid dienone is 5. The summed E-state index contributed by atoms with van der Waals surface area (Å²) in [4.78, 5) is 0. The molecular formula is C24H26. The van der Waals surface area contributed by atoms with E-state index in [4.69, 9.17) is 0 Å². The van der Waals surface area contributed by atoms with Crippen LogP contribution in [0.4, 0.5) is 0 Å². The second-order valence-corrected chi connectivity index (χ2v) is 7.21. The normalized spacial score (nSPS) is 16.7. The van der Waals surface area contributed by atoms with Gasteiger partial charge in [0.05, 0.1) is 0 Å². The van der Waals surface area contributed by atoms with Gasteiger partial charge in [-0.1, -0.05) is 81.3 Å². The first-order valence-electron chi connectivity index (χ1n) is 9.41. The molecule has 0 N–H and O–H groups in total. The molecule has 0 aromatic heterocycles. The predicted octanol–water partition coefficient (Wildman–Crippen LogP) is 7.05. The number of unbranched alkanes of at least 4 members (excludes halogenated alkanes) is 1. The maximum atomic E-state index is 2.40. The minimum Gasteiger partial charge on any atom is -0.0801 e. The molecule has 2 aromatic rings. The molecule has 24 heavy (non-hydrogen) atoms. The van der Waals surface area contributed by atoms with Gasteiger partial charge in [0.15, 0.2) is 0 Å². The largest absolute Gasteiger partial charge is 0.0801 e. The Kier molecular flexibility index (Phi) is 4.14. The molecule has 4 rings (SSSR count). The molecule has 0 spiro atoms. The highest BCUT2D eigenvalue weighted by molar-refractivity contribution is 6.03. The van der Waals surface area contributed by atoms with Crippen molar-refractivity contribution < 1.29 is 0 Å². The van der Waals surface area contributed by atoms with Crippen molar-refractivity contribution >= 4 is 22.4 Å². The third kappa shape index (κ3) is 2.55. The first kappa shape index (κ1) is 15.4. The molecule has 2 aliphatic carbocycles. The highest BCUT2D eigenvalue weighted by Crippen LogP contribution is 2.40. The molecule has 1 unspecified atom stereocenters. The number of hydrogen-bond donors (Lipinski definition) is 0. The second kappa shape index (κ2) is 6.43. The Balaban J connectivity index is 1.99. The Labute approximate surface area is 145 Å². The van der Waals surface area contributed by atoms with Crippen molar-refractivity contribution in [2.45, 2.75) is 51.9 Å². The van der Waals surface area contributed by atoms with E-state index >= 15 is 0 Å². The highest BCUT2D eigenvalue weighted by atomic mass is 14.2. The lowest BCUT2D eigenvalue weighted by atomic mass is 9.84. The van der Waals surface area contributed by atoms with Crippen LogP contribution in [-0.4, -0.2) is 0 Å². The fourth-order valence-electron chi connectivity index (χ4n) is 4.27. The lowest BCUT2D eigenvalue weighted by molar-refractivity contribution is 0.621. The zero-order chi connectivity index (χ0) is 16.5. The molecular weight excluding hydrogens is 288 g/mol. The van der Waals surface area contributed by atoms with E-state index in [0.29, 0.717) is 5.92 Å². The van der Waals surface area contributed by atoms with Crippen molar-refractivity contribution in [1.82, 2.24) is 0 Å². The van der Waals surface area contributed by atoms with Gasteiger partial charge < -0.3 is 0 Å². The third-order valence-electron chi connectivity index (χ3n) is 5.56. The molecule has 0 aliphatic heterocycles. The Bertz CT molecular complexity index is 861. The van der Waals surface area contributed by atoms with Gasteiger partial charge in [0.1, 0.15) is 0 Å². The second-order valence-electron chi connectivity index (χ2n) is 7.21. The van der Waals surface area contributed by atoms with Gasteiger partial charge in [-0.15, -0.1) is 0 Å². The monoisotopic (exact) mass is 314 g/mol.